The zero-order valence-corrected chi connectivity index (χ0v) is 14.4. The molecule has 0 aliphatic heterocycles. The van der Waals surface area contributed by atoms with Crippen LogP contribution in [-0.2, 0) is 16.6 Å². The van der Waals surface area contributed by atoms with E-state index in [0.717, 1.165) is 27.2 Å². The third kappa shape index (κ3) is 3.50. The van der Waals surface area contributed by atoms with Gasteiger partial charge in [-0.2, -0.15) is 0 Å². The van der Waals surface area contributed by atoms with Crippen molar-refractivity contribution in [2.24, 2.45) is 0 Å². The topological polar surface area (TPSA) is 72.0 Å². The Hall–Kier alpha value is -2.16. The summed E-state index contributed by atoms with van der Waals surface area (Å²) < 4.78 is 40.6. The van der Waals surface area contributed by atoms with E-state index < -0.39 is 15.8 Å². The first-order valence-electron chi connectivity index (χ1n) is 7.08. The average Bonchev–Trinajstić information content (AvgIpc) is 2.95. The van der Waals surface area contributed by atoms with E-state index in [9.17, 15) is 12.8 Å². The van der Waals surface area contributed by atoms with Crippen LogP contribution in [0.4, 0.5) is 4.39 Å². The SMILES string of the molecule is Cc1nc(-c2cccnc2)sc1CNS(=O)(=O)c1ccccc1F. The molecule has 2 aromatic heterocycles. The summed E-state index contributed by atoms with van der Waals surface area (Å²) >= 11 is 1.38. The fraction of sp³-hybridized carbons (Fsp3) is 0.125. The van der Waals surface area contributed by atoms with Crippen LogP contribution < -0.4 is 4.72 Å². The van der Waals surface area contributed by atoms with Gasteiger partial charge >= 0.3 is 0 Å². The number of rotatable bonds is 5. The highest BCUT2D eigenvalue weighted by molar-refractivity contribution is 7.89. The van der Waals surface area contributed by atoms with Gasteiger partial charge in [0.15, 0.2) is 0 Å². The van der Waals surface area contributed by atoms with Crippen LogP contribution in [0.1, 0.15) is 10.6 Å². The lowest BCUT2D eigenvalue weighted by Crippen LogP contribution is -2.24. The number of hydrogen-bond acceptors (Lipinski definition) is 5. The molecule has 1 N–H and O–H groups in total. The van der Waals surface area contributed by atoms with Gasteiger partial charge in [0, 0.05) is 29.4 Å². The minimum absolute atomic E-state index is 0.0560. The Morgan fingerprint density at radius 2 is 2.00 bits per heavy atom. The number of pyridine rings is 1. The molecule has 0 amide bonds. The lowest BCUT2D eigenvalue weighted by Gasteiger charge is -2.06. The summed E-state index contributed by atoms with van der Waals surface area (Å²) in [7, 11) is -3.92. The maximum absolute atomic E-state index is 13.7. The molecule has 0 bridgehead atoms. The standard InChI is InChI=1S/C16H14FN3O2S2/c1-11-14(23-16(20-11)12-5-4-8-18-9-12)10-19-24(21,22)15-7-3-2-6-13(15)17/h2-9,19H,10H2,1H3. The van der Waals surface area contributed by atoms with Gasteiger partial charge in [0.25, 0.3) is 0 Å². The van der Waals surface area contributed by atoms with Gasteiger partial charge in [-0.1, -0.05) is 12.1 Å². The molecule has 0 saturated carbocycles. The van der Waals surface area contributed by atoms with E-state index in [-0.39, 0.29) is 11.4 Å². The Kier molecular flexibility index (Phi) is 4.70. The first kappa shape index (κ1) is 16.7. The largest absolute Gasteiger partial charge is 0.264 e. The van der Waals surface area contributed by atoms with Crippen LogP contribution in [0.5, 0.6) is 0 Å². The van der Waals surface area contributed by atoms with Gasteiger partial charge in [-0.3, -0.25) is 4.98 Å². The Balaban J connectivity index is 1.80. The van der Waals surface area contributed by atoms with E-state index in [1.807, 2.05) is 19.1 Å². The van der Waals surface area contributed by atoms with Gasteiger partial charge in [-0.25, -0.2) is 22.5 Å². The third-order valence-electron chi connectivity index (χ3n) is 3.35. The lowest BCUT2D eigenvalue weighted by atomic mass is 10.3. The van der Waals surface area contributed by atoms with Crippen molar-refractivity contribution in [1.82, 2.24) is 14.7 Å². The molecular weight excluding hydrogens is 349 g/mol. The molecule has 0 unspecified atom stereocenters. The molecule has 0 saturated heterocycles. The van der Waals surface area contributed by atoms with Crippen LogP contribution in [0, 0.1) is 12.7 Å². The van der Waals surface area contributed by atoms with Gasteiger partial charge in [0.05, 0.1) is 5.69 Å². The molecule has 1 aromatic carbocycles. The Labute approximate surface area is 143 Å². The van der Waals surface area contributed by atoms with Crippen LogP contribution in [0.2, 0.25) is 0 Å². The van der Waals surface area contributed by atoms with Crippen LogP contribution in [-0.4, -0.2) is 18.4 Å². The number of aryl methyl sites for hydroxylation is 1. The molecule has 0 fully saturated rings. The molecule has 0 aliphatic rings. The number of nitrogens with one attached hydrogen (secondary N) is 1. The van der Waals surface area contributed by atoms with Crippen molar-refractivity contribution in [3.8, 4) is 10.6 Å². The Bertz CT molecular complexity index is 956. The van der Waals surface area contributed by atoms with Crippen molar-refractivity contribution in [2.75, 3.05) is 0 Å². The van der Waals surface area contributed by atoms with Crippen LogP contribution in [0.25, 0.3) is 10.6 Å². The van der Waals surface area contributed by atoms with Gasteiger partial charge < -0.3 is 0 Å². The highest BCUT2D eigenvalue weighted by Gasteiger charge is 2.19. The van der Waals surface area contributed by atoms with Gasteiger partial charge in [-0.05, 0) is 31.2 Å². The Morgan fingerprint density at radius 3 is 2.71 bits per heavy atom. The van der Waals surface area contributed by atoms with Crippen molar-refractivity contribution in [2.45, 2.75) is 18.4 Å². The molecule has 0 spiro atoms. The van der Waals surface area contributed by atoms with Crippen molar-refractivity contribution < 1.29 is 12.8 Å². The van der Waals surface area contributed by atoms with Gasteiger partial charge in [-0.15, -0.1) is 11.3 Å². The molecule has 3 aromatic rings. The van der Waals surface area contributed by atoms with Crippen molar-refractivity contribution in [3.05, 3.63) is 65.2 Å². The highest BCUT2D eigenvalue weighted by Crippen LogP contribution is 2.27. The normalized spacial score (nSPS) is 11.6. The minimum Gasteiger partial charge on any atom is -0.264 e. The fourth-order valence-corrected chi connectivity index (χ4v) is 4.26. The average molecular weight is 363 g/mol. The Morgan fingerprint density at radius 1 is 1.21 bits per heavy atom. The van der Waals surface area contributed by atoms with E-state index in [0.29, 0.717) is 0 Å². The second-order valence-corrected chi connectivity index (χ2v) is 7.84. The van der Waals surface area contributed by atoms with E-state index in [4.69, 9.17) is 0 Å². The number of halogens is 1. The summed E-state index contributed by atoms with van der Waals surface area (Å²) in [6.07, 6.45) is 3.37. The second kappa shape index (κ2) is 6.76. The predicted octanol–water partition coefficient (Wildman–Crippen LogP) is 3.13. The number of sulfonamides is 1. The lowest BCUT2D eigenvalue weighted by molar-refractivity contribution is 0.557. The zero-order chi connectivity index (χ0) is 17.2. The maximum Gasteiger partial charge on any atom is 0.243 e. The van der Waals surface area contributed by atoms with Gasteiger partial charge in [0.1, 0.15) is 15.7 Å². The van der Waals surface area contributed by atoms with E-state index >= 15 is 0 Å². The summed E-state index contributed by atoms with van der Waals surface area (Å²) in [5.74, 6) is -0.776. The minimum atomic E-state index is -3.92. The number of nitrogens with zero attached hydrogens (tertiary/aromatic N) is 2. The zero-order valence-electron chi connectivity index (χ0n) is 12.7. The van der Waals surface area contributed by atoms with Gasteiger partial charge in [0.2, 0.25) is 10.0 Å². The van der Waals surface area contributed by atoms with Crippen LogP contribution >= 0.6 is 11.3 Å². The summed E-state index contributed by atoms with van der Waals surface area (Å²) in [6.45, 7) is 1.86. The molecule has 0 radical (unpaired) electrons. The first-order valence-corrected chi connectivity index (χ1v) is 9.38. The summed E-state index contributed by atoms with van der Waals surface area (Å²) in [6, 6.07) is 8.98. The molecule has 3 rings (SSSR count). The molecule has 0 aliphatic carbocycles. The van der Waals surface area contributed by atoms with Crippen molar-refractivity contribution in [1.29, 1.82) is 0 Å². The smallest absolute Gasteiger partial charge is 0.243 e. The maximum atomic E-state index is 13.7. The molecule has 2 heterocycles. The monoisotopic (exact) mass is 363 g/mol. The molecule has 5 nitrogen and oxygen atoms in total. The summed E-state index contributed by atoms with van der Waals surface area (Å²) in [5.41, 5.74) is 1.60. The van der Waals surface area contributed by atoms with E-state index in [1.54, 1.807) is 12.4 Å². The second-order valence-electron chi connectivity index (χ2n) is 5.02. The summed E-state index contributed by atoms with van der Waals surface area (Å²) in [4.78, 5) is 8.90. The number of benzene rings is 1. The van der Waals surface area contributed by atoms with E-state index in [2.05, 4.69) is 14.7 Å². The number of hydrogen-bond donors (Lipinski definition) is 1. The van der Waals surface area contributed by atoms with Crippen molar-refractivity contribution in [3.63, 3.8) is 0 Å². The molecule has 124 valence electrons. The fourth-order valence-electron chi connectivity index (χ4n) is 2.11. The summed E-state index contributed by atoms with van der Waals surface area (Å²) in [5, 5.41) is 0.765. The quantitative estimate of drug-likeness (QED) is 0.756. The number of aromatic nitrogens is 2. The number of thiazole rings is 1. The molecule has 8 heteroatoms. The molecular formula is C16H14FN3O2S2. The predicted molar refractivity (Wildman–Crippen MR) is 90.5 cm³/mol. The highest BCUT2D eigenvalue weighted by atomic mass is 32.2. The molecule has 0 atom stereocenters. The molecule has 24 heavy (non-hydrogen) atoms. The van der Waals surface area contributed by atoms with Crippen LogP contribution in [0.15, 0.2) is 53.7 Å². The third-order valence-corrected chi connectivity index (χ3v) is 5.99. The van der Waals surface area contributed by atoms with E-state index in [1.165, 1.54) is 29.5 Å². The van der Waals surface area contributed by atoms with Crippen molar-refractivity contribution >= 4 is 21.4 Å². The first-order chi connectivity index (χ1) is 11.5. The van der Waals surface area contributed by atoms with Crippen LogP contribution in [0.3, 0.4) is 0 Å².